The van der Waals surface area contributed by atoms with Crippen molar-refractivity contribution in [3.05, 3.63) is 12.2 Å². The van der Waals surface area contributed by atoms with E-state index in [1.165, 1.54) is 0 Å². The van der Waals surface area contributed by atoms with Crippen LogP contribution in [0.2, 0.25) is 0 Å². The van der Waals surface area contributed by atoms with Crippen LogP contribution in [-0.4, -0.2) is 55.6 Å². The van der Waals surface area contributed by atoms with Gasteiger partial charge in [0.25, 0.3) is 0 Å². The van der Waals surface area contributed by atoms with E-state index in [-0.39, 0.29) is 29.3 Å². The van der Waals surface area contributed by atoms with Crippen molar-refractivity contribution in [3.63, 3.8) is 0 Å². The summed E-state index contributed by atoms with van der Waals surface area (Å²) in [5.74, 6) is -1.32. The fourth-order valence-corrected chi connectivity index (χ4v) is 4.11. The highest BCUT2D eigenvalue weighted by molar-refractivity contribution is 7.86. The van der Waals surface area contributed by atoms with Gasteiger partial charge >= 0.3 is 27.3 Å². The quantitative estimate of drug-likeness (QED) is 0.384. The van der Waals surface area contributed by atoms with Gasteiger partial charge in [-0.2, -0.15) is 17.2 Å². The van der Waals surface area contributed by atoms with Crippen LogP contribution in [0.3, 0.4) is 0 Å². The van der Waals surface area contributed by atoms with E-state index in [9.17, 15) is 26.8 Å². The van der Waals surface area contributed by atoms with Crippen LogP contribution < -0.4 is 0 Å². The summed E-state index contributed by atoms with van der Waals surface area (Å²) < 4.78 is 70.5. The van der Waals surface area contributed by atoms with Crippen LogP contribution in [0.4, 0.5) is 8.78 Å². The molecule has 3 saturated carbocycles. The molecule has 0 aromatic rings. The predicted octanol–water partition coefficient (Wildman–Crippen LogP) is 0.923. The van der Waals surface area contributed by atoms with Gasteiger partial charge in [-0.15, -0.1) is 0 Å². The van der Waals surface area contributed by atoms with Crippen molar-refractivity contribution in [1.29, 1.82) is 0 Å². The Bertz CT molecular complexity index is 734. The van der Waals surface area contributed by atoms with E-state index in [0.717, 1.165) is 12.8 Å². The Morgan fingerprint density at radius 2 is 2.08 bits per heavy atom. The molecule has 11 heteroatoms. The summed E-state index contributed by atoms with van der Waals surface area (Å²) in [6, 6.07) is 0. The minimum atomic E-state index is -5.61. The fourth-order valence-electron chi connectivity index (χ4n) is 3.87. The van der Waals surface area contributed by atoms with Gasteiger partial charge in [-0.05, 0) is 19.3 Å². The molecule has 5 atom stereocenters. The SMILES string of the molecule is C=C(COCC(F)(F)S(=O)(=O)O)C(=O)OC1C2CCC3C(C2)C(=O)OC31. The highest BCUT2D eigenvalue weighted by Gasteiger charge is 2.59. The molecule has 8 nitrogen and oxygen atoms in total. The van der Waals surface area contributed by atoms with Gasteiger partial charge in [0.2, 0.25) is 0 Å². The summed E-state index contributed by atoms with van der Waals surface area (Å²) in [5.41, 5.74) is -0.293. The van der Waals surface area contributed by atoms with E-state index in [1.54, 1.807) is 0 Å². The lowest BCUT2D eigenvalue weighted by Gasteiger charge is -2.43. The Balaban J connectivity index is 1.52. The molecular formula is C15H18F2O8S. The largest absolute Gasteiger partial charge is 0.458 e. The van der Waals surface area contributed by atoms with E-state index < -0.39 is 46.8 Å². The van der Waals surface area contributed by atoms with E-state index in [1.807, 2.05) is 0 Å². The minimum absolute atomic E-state index is 0.0111. The molecule has 0 aromatic carbocycles. The average Bonchev–Trinajstić information content (AvgIpc) is 2.82. The molecule has 3 aliphatic carbocycles. The molecular weight excluding hydrogens is 378 g/mol. The Morgan fingerprint density at radius 3 is 2.73 bits per heavy atom. The first-order chi connectivity index (χ1) is 12.0. The lowest BCUT2D eigenvalue weighted by Crippen LogP contribution is -2.50. The van der Waals surface area contributed by atoms with Crippen molar-refractivity contribution in [2.75, 3.05) is 13.2 Å². The summed E-state index contributed by atoms with van der Waals surface area (Å²) in [5, 5.41) is -4.49. The number of fused-ring (bicyclic) bond motifs is 1. The first-order valence-corrected chi connectivity index (χ1v) is 9.47. The molecule has 1 heterocycles. The molecule has 0 radical (unpaired) electrons. The number of carbonyl (C=O) groups is 2. The molecule has 0 amide bonds. The normalized spacial score (nSPS) is 33.0. The van der Waals surface area contributed by atoms with Crippen LogP contribution in [0.5, 0.6) is 0 Å². The molecule has 4 bridgehead atoms. The minimum Gasteiger partial charge on any atom is -0.458 e. The van der Waals surface area contributed by atoms with E-state index in [2.05, 4.69) is 11.3 Å². The van der Waals surface area contributed by atoms with Crippen molar-refractivity contribution < 1.29 is 45.6 Å². The van der Waals surface area contributed by atoms with E-state index in [0.29, 0.717) is 6.42 Å². The lowest BCUT2D eigenvalue weighted by molar-refractivity contribution is -0.169. The number of halogens is 2. The Morgan fingerprint density at radius 1 is 1.38 bits per heavy atom. The van der Waals surface area contributed by atoms with E-state index in [4.69, 9.17) is 14.0 Å². The highest BCUT2D eigenvalue weighted by atomic mass is 32.2. The van der Waals surface area contributed by atoms with Crippen LogP contribution in [-0.2, 0) is 33.9 Å². The Labute approximate surface area is 148 Å². The standard InChI is InChI=1S/C15H18F2O8S/c1-7(5-23-6-15(16,17)26(20,21)22)13(18)24-11-8-2-3-9-10(4-8)14(19)25-12(9)11/h8-12H,1-6H2,(H,20,21,22). The third-order valence-electron chi connectivity index (χ3n) is 5.17. The predicted molar refractivity (Wildman–Crippen MR) is 80.5 cm³/mol. The third-order valence-corrected chi connectivity index (χ3v) is 6.04. The summed E-state index contributed by atoms with van der Waals surface area (Å²) >= 11 is 0. The molecule has 4 rings (SSSR count). The molecule has 5 unspecified atom stereocenters. The summed E-state index contributed by atoms with van der Waals surface area (Å²) in [6.07, 6.45) is 1.10. The summed E-state index contributed by atoms with van der Waals surface area (Å²) in [7, 11) is -5.61. The zero-order chi connectivity index (χ0) is 19.3. The first-order valence-electron chi connectivity index (χ1n) is 8.03. The van der Waals surface area contributed by atoms with Crippen LogP contribution in [0, 0.1) is 17.8 Å². The first kappa shape index (κ1) is 19.2. The van der Waals surface area contributed by atoms with Crippen molar-refractivity contribution in [1.82, 2.24) is 0 Å². The number of hydrogen-bond donors (Lipinski definition) is 1. The second-order valence-electron chi connectivity index (χ2n) is 6.82. The molecule has 26 heavy (non-hydrogen) atoms. The van der Waals surface area contributed by atoms with Gasteiger partial charge in [-0.1, -0.05) is 6.58 Å². The van der Waals surface area contributed by atoms with Crippen LogP contribution >= 0.6 is 0 Å². The maximum Gasteiger partial charge on any atom is 0.392 e. The lowest BCUT2D eigenvalue weighted by atomic mass is 9.63. The van der Waals surface area contributed by atoms with Crippen molar-refractivity contribution in [2.45, 2.75) is 36.7 Å². The maximum atomic E-state index is 13.0. The number of rotatable bonds is 7. The summed E-state index contributed by atoms with van der Waals surface area (Å²) in [4.78, 5) is 23.9. The van der Waals surface area contributed by atoms with Gasteiger partial charge in [0.15, 0.2) is 0 Å². The monoisotopic (exact) mass is 396 g/mol. The van der Waals surface area contributed by atoms with Gasteiger partial charge < -0.3 is 14.2 Å². The van der Waals surface area contributed by atoms with Gasteiger partial charge in [0, 0.05) is 11.8 Å². The fraction of sp³-hybridized carbons (Fsp3) is 0.733. The molecule has 1 N–H and O–H groups in total. The summed E-state index contributed by atoms with van der Waals surface area (Å²) in [6.45, 7) is 1.05. The zero-order valence-electron chi connectivity index (χ0n) is 13.6. The molecule has 4 fully saturated rings. The van der Waals surface area contributed by atoms with Gasteiger partial charge in [0.05, 0.1) is 18.1 Å². The maximum absolute atomic E-state index is 13.0. The number of hydrogen-bond acceptors (Lipinski definition) is 7. The molecule has 4 aliphatic rings. The van der Waals surface area contributed by atoms with Crippen LogP contribution in [0.25, 0.3) is 0 Å². The third kappa shape index (κ3) is 3.35. The number of ether oxygens (including phenoxy) is 3. The molecule has 0 spiro atoms. The average molecular weight is 396 g/mol. The molecule has 146 valence electrons. The Hall–Kier alpha value is -1.59. The van der Waals surface area contributed by atoms with Crippen molar-refractivity contribution >= 4 is 22.1 Å². The second kappa shape index (κ2) is 6.54. The molecule has 0 aromatic heterocycles. The van der Waals surface area contributed by atoms with Crippen molar-refractivity contribution in [3.8, 4) is 0 Å². The van der Waals surface area contributed by atoms with E-state index >= 15 is 0 Å². The smallest absolute Gasteiger partial charge is 0.392 e. The van der Waals surface area contributed by atoms with Crippen LogP contribution in [0.1, 0.15) is 19.3 Å². The molecule has 1 saturated heterocycles. The molecule has 1 aliphatic heterocycles. The second-order valence-corrected chi connectivity index (χ2v) is 8.37. The van der Waals surface area contributed by atoms with Crippen molar-refractivity contribution in [2.24, 2.45) is 17.8 Å². The van der Waals surface area contributed by atoms with Gasteiger partial charge in [-0.25, -0.2) is 4.79 Å². The number of esters is 2. The van der Waals surface area contributed by atoms with Crippen LogP contribution in [0.15, 0.2) is 12.2 Å². The van der Waals surface area contributed by atoms with Gasteiger partial charge in [0.1, 0.15) is 18.8 Å². The number of alkyl halides is 2. The highest BCUT2D eigenvalue weighted by Crippen LogP contribution is 2.52. The Kier molecular flexibility index (Phi) is 4.82. The van der Waals surface area contributed by atoms with Gasteiger partial charge in [-0.3, -0.25) is 9.35 Å². The topological polar surface area (TPSA) is 116 Å². The number of carbonyl (C=O) groups excluding carboxylic acids is 2. The zero-order valence-corrected chi connectivity index (χ0v) is 14.4.